The first-order chi connectivity index (χ1) is 8.25. The Kier molecular flexibility index (Phi) is 3.98. The summed E-state index contributed by atoms with van der Waals surface area (Å²) < 4.78 is 5.45. The van der Waals surface area contributed by atoms with Crippen molar-refractivity contribution in [3.8, 4) is 5.75 Å². The Bertz CT molecular complexity index is 404. The van der Waals surface area contributed by atoms with Gasteiger partial charge >= 0.3 is 0 Å². The molecule has 4 heteroatoms. The monoisotopic (exact) mass is 234 g/mol. The molecule has 0 atom stereocenters. The van der Waals surface area contributed by atoms with Gasteiger partial charge in [0.15, 0.2) is 0 Å². The van der Waals surface area contributed by atoms with Crippen LogP contribution in [0.3, 0.4) is 0 Å². The largest absolute Gasteiger partial charge is 0.493 e. The highest BCUT2D eigenvalue weighted by atomic mass is 16.5. The molecule has 0 bridgehead atoms. The van der Waals surface area contributed by atoms with Crippen molar-refractivity contribution in [1.29, 1.82) is 0 Å². The molecule has 2 rings (SSSR count). The zero-order chi connectivity index (χ0) is 12.1. The predicted molar refractivity (Wildman–Crippen MR) is 66.0 cm³/mol. The summed E-state index contributed by atoms with van der Waals surface area (Å²) in [5, 5.41) is 6.04. The highest BCUT2D eigenvalue weighted by Gasteiger charge is 2.11. The maximum Gasteiger partial charge on any atom is 0.216 e. The lowest BCUT2D eigenvalue weighted by atomic mass is 10.1. The third-order valence-corrected chi connectivity index (χ3v) is 2.76. The van der Waals surface area contributed by atoms with Crippen molar-refractivity contribution in [3.63, 3.8) is 0 Å². The van der Waals surface area contributed by atoms with Gasteiger partial charge in [-0.2, -0.15) is 0 Å². The van der Waals surface area contributed by atoms with E-state index in [1.54, 1.807) is 0 Å². The smallest absolute Gasteiger partial charge is 0.216 e. The molecule has 1 heterocycles. The summed E-state index contributed by atoms with van der Waals surface area (Å²) in [6.07, 6.45) is 1.01. The fourth-order valence-electron chi connectivity index (χ4n) is 1.91. The standard InChI is InChI=1S/C13H18N2O2/c1-10(16)15-6-5-14-9-11-2-3-13-12(8-11)4-7-17-13/h2-3,8,14H,4-7,9H2,1H3,(H,15,16). The summed E-state index contributed by atoms with van der Waals surface area (Å²) in [4.78, 5) is 10.7. The first-order valence-corrected chi connectivity index (χ1v) is 5.95. The van der Waals surface area contributed by atoms with Gasteiger partial charge in [-0.1, -0.05) is 12.1 Å². The van der Waals surface area contributed by atoms with Crippen molar-refractivity contribution < 1.29 is 9.53 Å². The van der Waals surface area contributed by atoms with Crippen LogP contribution in [0.5, 0.6) is 5.75 Å². The first-order valence-electron chi connectivity index (χ1n) is 5.95. The Morgan fingerprint density at radius 2 is 2.29 bits per heavy atom. The molecular formula is C13H18N2O2. The Morgan fingerprint density at radius 3 is 3.12 bits per heavy atom. The van der Waals surface area contributed by atoms with Gasteiger partial charge in [0.1, 0.15) is 5.75 Å². The van der Waals surface area contributed by atoms with Crippen LogP contribution in [-0.2, 0) is 17.8 Å². The molecule has 0 fully saturated rings. The highest BCUT2D eigenvalue weighted by molar-refractivity contribution is 5.72. The summed E-state index contributed by atoms with van der Waals surface area (Å²) in [7, 11) is 0. The normalized spacial score (nSPS) is 13.0. The van der Waals surface area contributed by atoms with E-state index >= 15 is 0 Å². The average molecular weight is 234 g/mol. The van der Waals surface area contributed by atoms with E-state index in [4.69, 9.17) is 4.74 Å². The number of ether oxygens (including phenoxy) is 1. The molecule has 0 aromatic heterocycles. The second-order valence-electron chi connectivity index (χ2n) is 4.20. The molecule has 17 heavy (non-hydrogen) atoms. The van der Waals surface area contributed by atoms with E-state index in [-0.39, 0.29) is 5.91 Å². The van der Waals surface area contributed by atoms with E-state index in [9.17, 15) is 4.79 Å². The van der Waals surface area contributed by atoms with Gasteiger partial charge in [0.2, 0.25) is 5.91 Å². The Labute approximate surface area is 101 Å². The molecule has 4 nitrogen and oxygen atoms in total. The molecule has 0 radical (unpaired) electrons. The third-order valence-electron chi connectivity index (χ3n) is 2.76. The molecule has 1 aromatic rings. The molecule has 0 aliphatic carbocycles. The van der Waals surface area contributed by atoms with E-state index in [2.05, 4.69) is 22.8 Å². The summed E-state index contributed by atoms with van der Waals surface area (Å²) in [6, 6.07) is 6.30. The predicted octanol–water partition coefficient (Wildman–Crippen LogP) is 0.847. The van der Waals surface area contributed by atoms with E-state index in [1.807, 2.05) is 6.07 Å². The highest BCUT2D eigenvalue weighted by Crippen LogP contribution is 2.25. The molecule has 0 saturated heterocycles. The number of fused-ring (bicyclic) bond motifs is 1. The minimum atomic E-state index is 0.0153. The van der Waals surface area contributed by atoms with E-state index in [0.29, 0.717) is 6.54 Å². The summed E-state index contributed by atoms with van der Waals surface area (Å²) in [5.41, 5.74) is 2.56. The number of carbonyl (C=O) groups excluding carboxylic acids is 1. The number of nitrogens with one attached hydrogen (secondary N) is 2. The number of hydrogen-bond acceptors (Lipinski definition) is 3. The minimum absolute atomic E-state index is 0.0153. The lowest BCUT2D eigenvalue weighted by Crippen LogP contribution is -2.29. The van der Waals surface area contributed by atoms with Gasteiger partial charge in [-0.25, -0.2) is 0 Å². The number of benzene rings is 1. The quantitative estimate of drug-likeness (QED) is 0.743. The molecule has 1 aromatic carbocycles. The molecule has 0 saturated carbocycles. The summed E-state index contributed by atoms with van der Waals surface area (Å²) in [5.74, 6) is 1.04. The van der Waals surface area contributed by atoms with Gasteiger partial charge in [0.25, 0.3) is 0 Å². The van der Waals surface area contributed by atoms with Crippen molar-refractivity contribution in [2.75, 3.05) is 19.7 Å². The average Bonchev–Trinajstić information content (AvgIpc) is 2.75. The number of hydrogen-bond donors (Lipinski definition) is 2. The topological polar surface area (TPSA) is 50.4 Å². The van der Waals surface area contributed by atoms with Crippen molar-refractivity contribution in [2.45, 2.75) is 19.9 Å². The van der Waals surface area contributed by atoms with E-state index < -0.39 is 0 Å². The van der Waals surface area contributed by atoms with Gasteiger partial charge in [-0.05, 0) is 17.2 Å². The van der Waals surface area contributed by atoms with Gasteiger partial charge in [0, 0.05) is 33.0 Å². The summed E-state index contributed by atoms with van der Waals surface area (Å²) >= 11 is 0. The zero-order valence-electron chi connectivity index (χ0n) is 10.1. The number of carbonyl (C=O) groups is 1. The lowest BCUT2D eigenvalue weighted by molar-refractivity contribution is -0.118. The fraction of sp³-hybridized carbons (Fsp3) is 0.462. The van der Waals surface area contributed by atoms with E-state index in [1.165, 1.54) is 18.1 Å². The molecule has 0 spiro atoms. The van der Waals surface area contributed by atoms with Gasteiger partial charge in [0.05, 0.1) is 6.61 Å². The van der Waals surface area contributed by atoms with Gasteiger partial charge in [-0.3, -0.25) is 4.79 Å². The molecule has 1 aliphatic heterocycles. The number of amides is 1. The Morgan fingerprint density at radius 1 is 1.41 bits per heavy atom. The first kappa shape index (κ1) is 11.9. The van der Waals surface area contributed by atoms with Gasteiger partial charge < -0.3 is 15.4 Å². The fourth-order valence-corrected chi connectivity index (χ4v) is 1.91. The molecular weight excluding hydrogens is 216 g/mol. The second-order valence-corrected chi connectivity index (χ2v) is 4.20. The number of rotatable bonds is 5. The lowest BCUT2D eigenvalue weighted by Gasteiger charge is -2.06. The second kappa shape index (κ2) is 5.68. The van der Waals surface area contributed by atoms with Crippen molar-refractivity contribution in [2.24, 2.45) is 0 Å². The van der Waals surface area contributed by atoms with Crippen molar-refractivity contribution in [3.05, 3.63) is 29.3 Å². The minimum Gasteiger partial charge on any atom is -0.493 e. The molecule has 1 aliphatic rings. The van der Waals surface area contributed by atoms with Crippen molar-refractivity contribution in [1.82, 2.24) is 10.6 Å². The molecule has 0 unspecified atom stereocenters. The maximum absolute atomic E-state index is 10.7. The van der Waals surface area contributed by atoms with Crippen LogP contribution in [0, 0.1) is 0 Å². The van der Waals surface area contributed by atoms with Crippen LogP contribution in [-0.4, -0.2) is 25.6 Å². The van der Waals surface area contributed by atoms with Crippen LogP contribution < -0.4 is 15.4 Å². The SMILES string of the molecule is CC(=O)NCCNCc1ccc2c(c1)CCO2. The van der Waals surface area contributed by atoms with Crippen LogP contribution in [0.2, 0.25) is 0 Å². The van der Waals surface area contributed by atoms with E-state index in [0.717, 1.165) is 31.9 Å². The molecule has 1 amide bonds. The van der Waals surface area contributed by atoms with Crippen LogP contribution in [0.25, 0.3) is 0 Å². The Balaban J connectivity index is 1.74. The van der Waals surface area contributed by atoms with Crippen LogP contribution in [0.1, 0.15) is 18.1 Å². The molecule has 92 valence electrons. The summed E-state index contributed by atoms with van der Waals surface area (Å²) in [6.45, 7) is 4.61. The third kappa shape index (κ3) is 3.46. The van der Waals surface area contributed by atoms with Gasteiger partial charge in [-0.15, -0.1) is 0 Å². The van der Waals surface area contributed by atoms with Crippen molar-refractivity contribution >= 4 is 5.91 Å². The van der Waals surface area contributed by atoms with Crippen LogP contribution in [0.4, 0.5) is 0 Å². The zero-order valence-corrected chi connectivity index (χ0v) is 10.1. The Hall–Kier alpha value is -1.55. The van der Waals surface area contributed by atoms with Crippen LogP contribution >= 0.6 is 0 Å². The molecule has 2 N–H and O–H groups in total. The van der Waals surface area contributed by atoms with Crippen LogP contribution in [0.15, 0.2) is 18.2 Å². The maximum atomic E-state index is 10.7.